The average molecular weight is 431 g/mol. The first kappa shape index (κ1) is 19.8. The van der Waals surface area contributed by atoms with Gasteiger partial charge in [0.25, 0.3) is 11.6 Å². The van der Waals surface area contributed by atoms with Gasteiger partial charge in [-0.15, -0.1) is 0 Å². The maximum Gasteiger partial charge on any atom is 0.285 e. The fourth-order valence-electron chi connectivity index (χ4n) is 3.44. The Morgan fingerprint density at radius 1 is 1.20 bits per heavy atom. The Kier molecular flexibility index (Phi) is 4.87. The number of nitrogens with one attached hydrogen (secondary N) is 1. The lowest BCUT2D eigenvalue weighted by molar-refractivity contribution is -0.385. The van der Waals surface area contributed by atoms with Crippen LogP contribution < -0.4 is 0 Å². The first-order valence-electron chi connectivity index (χ1n) is 8.98. The van der Waals surface area contributed by atoms with Crippen molar-refractivity contribution in [2.75, 3.05) is 26.2 Å². The van der Waals surface area contributed by atoms with E-state index < -0.39 is 26.5 Å². The number of nitrogens with zero attached hydrogens (tertiary/aromatic N) is 4. The summed E-state index contributed by atoms with van der Waals surface area (Å²) in [7, 11) is -3.80. The van der Waals surface area contributed by atoms with Gasteiger partial charge in [0.1, 0.15) is 21.9 Å². The van der Waals surface area contributed by atoms with Crippen LogP contribution in [-0.4, -0.2) is 69.7 Å². The summed E-state index contributed by atoms with van der Waals surface area (Å²) in [4.78, 5) is 31.6. The third kappa shape index (κ3) is 3.35. The normalized spacial score (nSPS) is 15.4. The van der Waals surface area contributed by atoms with Gasteiger partial charge >= 0.3 is 0 Å². The number of sulfonamides is 1. The number of benzene rings is 1. The van der Waals surface area contributed by atoms with E-state index in [0.717, 1.165) is 6.07 Å². The van der Waals surface area contributed by atoms with Gasteiger partial charge in [-0.1, -0.05) is 0 Å². The molecule has 1 aliphatic heterocycles. The van der Waals surface area contributed by atoms with Crippen LogP contribution in [-0.2, 0) is 10.0 Å². The van der Waals surface area contributed by atoms with Crippen LogP contribution in [0.1, 0.15) is 10.4 Å². The SMILES string of the molecule is O=C(c1ccc(O)cc1[N+](=O)[O-])N1CCN(S(=O)(=O)c2c[nH]c3ncccc23)CC1. The molecule has 2 N–H and O–H groups in total. The van der Waals surface area contributed by atoms with Gasteiger partial charge in [-0.25, -0.2) is 13.4 Å². The van der Waals surface area contributed by atoms with E-state index in [4.69, 9.17) is 0 Å². The van der Waals surface area contributed by atoms with Gasteiger partial charge in [0.15, 0.2) is 0 Å². The van der Waals surface area contributed by atoms with Crippen molar-refractivity contribution in [1.29, 1.82) is 0 Å². The van der Waals surface area contributed by atoms with Crippen molar-refractivity contribution in [2.45, 2.75) is 4.90 Å². The Morgan fingerprint density at radius 3 is 2.63 bits per heavy atom. The van der Waals surface area contributed by atoms with Crippen molar-refractivity contribution < 1.29 is 23.2 Å². The van der Waals surface area contributed by atoms with Crippen LogP contribution in [0, 0.1) is 10.1 Å². The van der Waals surface area contributed by atoms with Gasteiger partial charge in [0.2, 0.25) is 10.0 Å². The number of rotatable bonds is 4. The van der Waals surface area contributed by atoms with Crippen LogP contribution in [0.5, 0.6) is 5.75 Å². The predicted octanol–water partition coefficient (Wildman–Crippen LogP) is 1.32. The van der Waals surface area contributed by atoms with E-state index in [-0.39, 0.29) is 42.4 Å². The number of fused-ring (bicyclic) bond motifs is 1. The van der Waals surface area contributed by atoms with Gasteiger partial charge in [0, 0.05) is 44.0 Å². The highest BCUT2D eigenvalue weighted by Crippen LogP contribution is 2.27. The van der Waals surface area contributed by atoms with E-state index in [9.17, 15) is 28.4 Å². The molecule has 11 nitrogen and oxygen atoms in total. The number of aromatic amines is 1. The highest BCUT2D eigenvalue weighted by molar-refractivity contribution is 7.89. The molecule has 1 saturated heterocycles. The van der Waals surface area contributed by atoms with Crippen LogP contribution in [0.25, 0.3) is 11.0 Å². The summed E-state index contributed by atoms with van der Waals surface area (Å²) in [6.45, 7) is 0.257. The fourth-order valence-corrected chi connectivity index (χ4v) is 5.01. The molecule has 0 bridgehead atoms. The molecule has 1 fully saturated rings. The number of H-pyrrole nitrogens is 1. The lowest BCUT2D eigenvalue weighted by Crippen LogP contribution is -2.50. The second kappa shape index (κ2) is 7.39. The molecule has 1 amide bonds. The lowest BCUT2D eigenvalue weighted by Gasteiger charge is -2.33. The first-order chi connectivity index (χ1) is 14.3. The Hall–Kier alpha value is -3.51. The topological polar surface area (TPSA) is 150 Å². The maximum absolute atomic E-state index is 13.0. The van der Waals surface area contributed by atoms with Crippen molar-refractivity contribution in [3.8, 4) is 5.75 Å². The molecular weight excluding hydrogens is 414 g/mol. The van der Waals surface area contributed by atoms with Crippen LogP contribution in [0.4, 0.5) is 5.69 Å². The smallest absolute Gasteiger partial charge is 0.285 e. The highest BCUT2D eigenvalue weighted by Gasteiger charge is 2.33. The third-order valence-corrected chi connectivity index (χ3v) is 6.90. The van der Waals surface area contributed by atoms with Crippen molar-refractivity contribution in [3.63, 3.8) is 0 Å². The number of pyridine rings is 1. The second-order valence-corrected chi connectivity index (χ2v) is 8.61. The molecule has 0 aliphatic carbocycles. The molecule has 1 aromatic carbocycles. The molecule has 3 aromatic rings. The first-order valence-corrected chi connectivity index (χ1v) is 10.4. The molecule has 0 saturated carbocycles. The maximum atomic E-state index is 13.0. The number of phenolic OH excluding ortho intramolecular Hbond substituents is 1. The number of nitro benzene ring substituents is 1. The number of aromatic nitrogens is 2. The van der Waals surface area contributed by atoms with Crippen molar-refractivity contribution in [1.82, 2.24) is 19.2 Å². The third-order valence-electron chi connectivity index (χ3n) is 4.97. The van der Waals surface area contributed by atoms with Gasteiger partial charge in [-0.05, 0) is 24.3 Å². The van der Waals surface area contributed by atoms with E-state index in [1.807, 2.05) is 0 Å². The zero-order valence-electron chi connectivity index (χ0n) is 15.6. The number of nitro groups is 1. The minimum absolute atomic E-state index is 0.0485. The molecule has 3 heterocycles. The fraction of sp³-hybridized carbons (Fsp3) is 0.222. The number of piperazine rings is 1. The molecule has 0 spiro atoms. The van der Waals surface area contributed by atoms with Crippen molar-refractivity contribution >= 4 is 32.7 Å². The summed E-state index contributed by atoms with van der Waals surface area (Å²) in [6, 6.07) is 6.62. The molecule has 2 aromatic heterocycles. The van der Waals surface area contributed by atoms with Gasteiger partial charge < -0.3 is 15.0 Å². The number of hydrogen-bond donors (Lipinski definition) is 2. The second-order valence-electron chi connectivity index (χ2n) is 6.71. The number of carbonyl (C=O) groups is 1. The summed E-state index contributed by atoms with van der Waals surface area (Å²) in [6.07, 6.45) is 2.95. The van der Waals surface area contributed by atoms with Crippen LogP contribution in [0.15, 0.2) is 47.6 Å². The Bertz CT molecular complexity index is 1250. The molecule has 0 atom stereocenters. The summed E-state index contributed by atoms with van der Waals surface area (Å²) in [5.41, 5.74) is -0.192. The van der Waals surface area contributed by atoms with E-state index in [0.29, 0.717) is 11.0 Å². The molecule has 30 heavy (non-hydrogen) atoms. The molecule has 0 unspecified atom stereocenters. The Balaban J connectivity index is 1.53. The zero-order chi connectivity index (χ0) is 21.5. The van der Waals surface area contributed by atoms with Crippen LogP contribution >= 0.6 is 0 Å². The zero-order valence-corrected chi connectivity index (χ0v) is 16.4. The highest BCUT2D eigenvalue weighted by atomic mass is 32.2. The van der Waals surface area contributed by atoms with Crippen LogP contribution in [0.2, 0.25) is 0 Å². The summed E-state index contributed by atoms with van der Waals surface area (Å²) in [5.74, 6) is -0.905. The number of aromatic hydroxyl groups is 1. The molecule has 4 rings (SSSR count). The Morgan fingerprint density at radius 2 is 1.93 bits per heavy atom. The summed E-state index contributed by atoms with van der Waals surface area (Å²) >= 11 is 0. The lowest BCUT2D eigenvalue weighted by atomic mass is 10.1. The van der Waals surface area contributed by atoms with Crippen LogP contribution in [0.3, 0.4) is 0 Å². The number of carbonyl (C=O) groups excluding carboxylic acids is 1. The summed E-state index contributed by atoms with van der Waals surface area (Å²) in [5, 5.41) is 21.2. The van der Waals surface area contributed by atoms with E-state index >= 15 is 0 Å². The van der Waals surface area contributed by atoms with Crippen molar-refractivity contribution in [3.05, 3.63) is 58.4 Å². The Labute approximate surface area is 170 Å². The molecule has 156 valence electrons. The van der Waals surface area contributed by atoms with Crippen molar-refractivity contribution in [2.24, 2.45) is 0 Å². The average Bonchev–Trinajstić information content (AvgIpc) is 3.18. The number of phenols is 1. The van der Waals surface area contributed by atoms with E-state index in [1.54, 1.807) is 18.3 Å². The quantitative estimate of drug-likeness (QED) is 0.467. The molecular formula is C18H17N5O6S. The molecule has 0 radical (unpaired) electrons. The predicted molar refractivity (Wildman–Crippen MR) is 106 cm³/mol. The largest absolute Gasteiger partial charge is 0.508 e. The summed E-state index contributed by atoms with van der Waals surface area (Å²) < 4.78 is 27.4. The minimum Gasteiger partial charge on any atom is -0.508 e. The van der Waals surface area contributed by atoms with E-state index in [1.165, 1.54) is 27.5 Å². The number of amides is 1. The molecule has 12 heteroatoms. The molecule has 1 aliphatic rings. The minimum atomic E-state index is -3.80. The number of hydrogen-bond acceptors (Lipinski definition) is 7. The van der Waals surface area contributed by atoms with Gasteiger partial charge in [0.05, 0.1) is 11.0 Å². The van der Waals surface area contributed by atoms with Gasteiger partial charge in [-0.2, -0.15) is 4.31 Å². The van der Waals surface area contributed by atoms with Gasteiger partial charge in [-0.3, -0.25) is 14.9 Å². The standard InChI is InChI=1S/C18H17N5O6S/c24-12-3-4-13(15(10-12)23(26)27)18(25)21-6-8-22(9-7-21)30(28,29)16-11-20-17-14(16)2-1-5-19-17/h1-5,10-11,24H,6-9H2,(H,19,20). The monoisotopic (exact) mass is 431 g/mol. The van der Waals surface area contributed by atoms with E-state index in [2.05, 4.69) is 9.97 Å².